The van der Waals surface area contributed by atoms with Crippen LogP contribution in [0, 0.1) is 5.41 Å². The molecule has 0 saturated heterocycles. The lowest BCUT2D eigenvalue weighted by Crippen LogP contribution is -2.48. The maximum Gasteiger partial charge on any atom is 0.169 e. The number of carbonyl (C=O) groups is 1. The molecule has 0 bridgehead atoms. The van der Waals surface area contributed by atoms with Crippen molar-refractivity contribution in [2.45, 2.75) is 328 Å². The summed E-state index contributed by atoms with van der Waals surface area (Å²) in [6, 6.07) is 0. The van der Waals surface area contributed by atoms with Gasteiger partial charge in [-0.2, -0.15) is 0 Å². The molecule has 0 aromatic heterocycles. The Labute approximate surface area is 383 Å². The number of hydrogen-bond acceptors (Lipinski definition) is 4. The Kier molecular flexibility index (Phi) is 46.7. The third kappa shape index (κ3) is 39.4. The Balaban J connectivity index is 4.97. The summed E-state index contributed by atoms with van der Waals surface area (Å²) in [5.41, 5.74) is -2.19. The van der Waals surface area contributed by atoms with Crippen molar-refractivity contribution in [2.75, 3.05) is 13.2 Å². The average Bonchev–Trinajstić information content (AvgIpc) is 3.27. The van der Waals surface area contributed by atoms with Crippen LogP contribution in [0.1, 0.15) is 323 Å². The predicted molar refractivity (Wildman–Crippen MR) is 270 cm³/mol. The molecular formula is C57H112O4. The molecule has 0 saturated carbocycles. The lowest BCUT2D eigenvalue weighted by Gasteiger charge is -2.36. The summed E-state index contributed by atoms with van der Waals surface area (Å²) in [7, 11) is 0. The Bertz CT molecular complexity index is 858. The van der Waals surface area contributed by atoms with Crippen molar-refractivity contribution in [1.82, 2.24) is 0 Å². The van der Waals surface area contributed by atoms with Gasteiger partial charge in [-0.05, 0) is 50.4 Å². The van der Waals surface area contributed by atoms with Crippen LogP contribution < -0.4 is 0 Å². The fourth-order valence-corrected chi connectivity index (χ4v) is 9.69. The minimum Gasteiger partial charge on any atom is -0.393 e. The zero-order valence-corrected chi connectivity index (χ0v) is 42.1. The Morgan fingerprint density at radius 2 is 0.557 bits per heavy atom. The number of Topliss-reactive ketones (excluding diaryl/α,β-unsaturated/α-hetero) is 1. The van der Waals surface area contributed by atoms with Crippen molar-refractivity contribution in [3.05, 3.63) is 12.2 Å². The first-order chi connectivity index (χ1) is 29.9. The molecule has 0 aromatic rings. The number of hydrogen-bond donors (Lipinski definition) is 3. The number of carbonyl (C=O) groups excluding carboxylic acids is 1. The molecule has 364 valence electrons. The number of ketones is 1. The van der Waals surface area contributed by atoms with E-state index in [9.17, 15) is 20.1 Å². The van der Waals surface area contributed by atoms with Crippen LogP contribution in [0.5, 0.6) is 0 Å². The Morgan fingerprint density at radius 1 is 0.344 bits per heavy atom. The van der Waals surface area contributed by atoms with E-state index >= 15 is 0 Å². The standard InChI is InChI=1S/C57H112O4/c1-4-7-10-13-16-19-22-25-27-29-32-35-38-41-44-47-50-56(52-55(60)57(61,53-58)54-59,49-46-43-40-37-34-31-24-21-18-15-12-9-6-3)51-48-45-42-39-36-33-30-28-26-23-20-17-14-11-8-5-2/h31,34,58-59,61H,4-30,32-33,35-54H2,1-3H3/b34-31-. The molecule has 0 heterocycles. The van der Waals surface area contributed by atoms with Crippen molar-refractivity contribution in [3.8, 4) is 0 Å². The normalized spacial score (nSPS) is 12.4. The van der Waals surface area contributed by atoms with Crippen LogP contribution in [0.4, 0.5) is 0 Å². The van der Waals surface area contributed by atoms with E-state index in [1.54, 1.807) is 0 Å². The first-order valence-electron chi connectivity index (χ1n) is 28.1. The summed E-state index contributed by atoms with van der Waals surface area (Å²) < 4.78 is 0. The highest BCUT2D eigenvalue weighted by molar-refractivity contribution is 5.88. The monoisotopic (exact) mass is 861 g/mol. The van der Waals surface area contributed by atoms with Crippen LogP contribution in [-0.2, 0) is 4.79 Å². The van der Waals surface area contributed by atoms with E-state index in [1.807, 2.05) is 0 Å². The van der Waals surface area contributed by atoms with Gasteiger partial charge >= 0.3 is 0 Å². The Morgan fingerprint density at radius 3 is 0.803 bits per heavy atom. The third-order valence-electron chi connectivity index (χ3n) is 14.2. The van der Waals surface area contributed by atoms with Gasteiger partial charge in [-0.25, -0.2) is 0 Å². The van der Waals surface area contributed by atoms with Gasteiger partial charge in [0.1, 0.15) is 0 Å². The molecule has 3 N–H and O–H groups in total. The molecule has 0 unspecified atom stereocenters. The van der Waals surface area contributed by atoms with E-state index in [0.717, 1.165) is 44.9 Å². The summed E-state index contributed by atoms with van der Waals surface area (Å²) in [5, 5.41) is 30.8. The molecule has 0 fully saturated rings. The van der Waals surface area contributed by atoms with Crippen LogP contribution >= 0.6 is 0 Å². The molecule has 0 atom stereocenters. The van der Waals surface area contributed by atoms with Gasteiger partial charge in [0.05, 0.1) is 13.2 Å². The van der Waals surface area contributed by atoms with Gasteiger partial charge in [0.2, 0.25) is 0 Å². The average molecular weight is 862 g/mol. The number of aliphatic hydroxyl groups is 3. The van der Waals surface area contributed by atoms with Crippen LogP contribution in [0.15, 0.2) is 12.2 Å². The fraction of sp³-hybridized carbons (Fsp3) is 0.947. The summed E-state index contributed by atoms with van der Waals surface area (Å²) in [6.07, 6.45) is 65.3. The van der Waals surface area contributed by atoms with Crippen molar-refractivity contribution >= 4 is 5.78 Å². The van der Waals surface area contributed by atoms with Gasteiger partial charge in [-0.3, -0.25) is 4.79 Å². The SMILES string of the molecule is CCCCCCCC/C=C\CCCCCC(CCCCCCCCCCCCCCCCCC)(CCCCCCCCCCCCCCCCCC)CC(=O)C(O)(CO)CO. The van der Waals surface area contributed by atoms with Gasteiger partial charge in [-0.1, -0.05) is 283 Å². The molecule has 0 radical (unpaired) electrons. The van der Waals surface area contributed by atoms with Gasteiger partial charge in [0.15, 0.2) is 11.4 Å². The quantitative estimate of drug-likeness (QED) is 0.0421. The fourth-order valence-electron chi connectivity index (χ4n) is 9.69. The highest BCUT2D eigenvalue weighted by Crippen LogP contribution is 2.42. The highest BCUT2D eigenvalue weighted by atomic mass is 16.4. The zero-order valence-electron chi connectivity index (χ0n) is 42.1. The second-order valence-electron chi connectivity index (χ2n) is 20.2. The van der Waals surface area contributed by atoms with Gasteiger partial charge < -0.3 is 15.3 Å². The second-order valence-corrected chi connectivity index (χ2v) is 20.2. The third-order valence-corrected chi connectivity index (χ3v) is 14.2. The minimum absolute atomic E-state index is 0.158. The number of allylic oxidation sites excluding steroid dienone is 2. The van der Waals surface area contributed by atoms with E-state index in [0.29, 0.717) is 0 Å². The van der Waals surface area contributed by atoms with Crippen molar-refractivity contribution in [2.24, 2.45) is 5.41 Å². The smallest absolute Gasteiger partial charge is 0.169 e. The van der Waals surface area contributed by atoms with Crippen LogP contribution in [0.25, 0.3) is 0 Å². The largest absolute Gasteiger partial charge is 0.393 e. The minimum atomic E-state index is -2.03. The van der Waals surface area contributed by atoms with E-state index in [2.05, 4.69) is 32.9 Å². The van der Waals surface area contributed by atoms with E-state index in [-0.39, 0.29) is 17.6 Å². The van der Waals surface area contributed by atoms with Crippen LogP contribution in [0.2, 0.25) is 0 Å². The molecule has 0 spiro atoms. The molecule has 0 aliphatic heterocycles. The first kappa shape index (κ1) is 60.3. The van der Waals surface area contributed by atoms with E-state index in [1.165, 1.54) is 250 Å². The number of rotatable bonds is 52. The van der Waals surface area contributed by atoms with Crippen molar-refractivity contribution < 1.29 is 20.1 Å². The summed E-state index contributed by atoms with van der Waals surface area (Å²) in [4.78, 5) is 13.6. The van der Waals surface area contributed by atoms with Crippen LogP contribution in [0.3, 0.4) is 0 Å². The molecule has 61 heavy (non-hydrogen) atoms. The lowest BCUT2D eigenvalue weighted by atomic mass is 9.69. The zero-order chi connectivity index (χ0) is 44.6. The molecule has 0 aromatic carbocycles. The van der Waals surface area contributed by atoms with Gasteiger partial charge in [-0.15, -0.1) is 0 Å². The predicted octanol–water partition coefficient (Wildman–Crippen LogP) is 18.2. The summed E-state index contributed by atoms with van der Waals surface area (Å²) >= 11 is 0. The topological polar surface area (TPSA) is 77.8 Å². The number of unbranched alkanes of at least 4 members (excludes halogenated alkanes) is 39. The van der Waals surface area contributed by atoms with E-state index < -0.39 is 18.8 Å². The van der Waals surface area contributed by atoms with Gasteiger partial charge in [0, 0.05) is 6.42 Å². The lowest BCUT2D eigenvalue weighted by molar-refractivity contribution is -0.149. The Hall–Kier alpha value is -0.710. The van der Waals surface area contributed by atoms with Crippen molar-refractivity contribution in [3.63, 3.8) is 0 Å². The first-order valence-corrected chi connectivity index (χ1v) is 28.1. The summed E-state index contributed by atoms with van der Waals surface area (Å²) in [5.74, 6) is -0.358. The number of aliphatic hydroxyl groups excluding tert-OH is 2. The highest BCUT2D eigenvalue weighted by Gasteiger charge is 2.40. The maximum absolute atomic E-state index is 13.6. The summed E-state index contributed by atoms with van der Waals surface area (Å²) in [6.45, 7) is 5.45. The second kappa shape index (κ2) is 47.3. The van der Waals surface area contributed by atoms with Crippen LogP contribution in [-0.4, -0.2) is 39.9 Å². The molecule has 0 aliphatic carbocycles. The molecule has 4 nitrogen and oxygen atoms in total. The van der Waals surface area contributed by atoms with E-state index in [4.69, 9.17) is 0 Å². The molecule has 0 aliphatic rings. The van der Waals surface area contributed by atoms with Gasteiger partial charge in [0.25, 0.3) is 0 Å². The molecular weight excluding hydrogens is 749 g/mol. The maximum atomic E-state index is 13.6. The molecule has 0 amide bonds. The molecule has 4 heteroatoms. The van der Waals surface area contributed by atoms with Crippen molar-refractivity contribution in [1.29, 1.82) is 0 Å². The molecule has 0 rings (SSSR count).